The number of methoxy groups -OCH3 is 1. The number of aryl methyl sites for hydroxylation is 1. The van der Waals surface area contributed by atoms with Crippen molar-refractivity contribution in [3.63, 3.8) is 0 Å². The lowest BCUT2D eigenvalue weighted by molar-refractivity contribution is 0.0781. The number of H-pyrrole nitrogens is 1. The largest absolute Gasteiger partial charge is 0.494 e. The highest BCUT2D eigenvalue weighted by Gasteiger charge is 2.39. The third kappa shape index (κ3) is 4.25. The highest BCUT2D eigenvalue weighted by atomic mass is 19.1. The van der Waals surface area contributed by atoms with Crippen molar-refractivity contribution in [2.75, 3.05) is 20.2 Å². The maximum Gasteiger partial charge on any atom is 0.254 e. The first-order valence-electron chi connectivity index (χ1n) is 9.84. The number of benzene rings is 2. The van der Waals surface area contributed by atoms with Gasteiger partial charge in [-0.2, -0.15) is 5.10 Å². The van der Waals surface area contributed by atoms with E-state index in [1.807, 2.05) is 6.07 Å². The number of likely N-dealkylation sites (tertiary alicyclic amines) is 1. The molecule has 1 aliphatic rings. The molecule has 31 heavy (non-hydrogen) atoms. The van der Waals surface area contributed by atoms with Gasteiger partial charge in [0.1, 0.15) is 5.82 Å². The molecule has 2 N–H and O–H groups in total. The first-order valence-corrected chi connectivity index (χ1v) is 9.84. The molecule has 0 unspecified atom stereocenters. The molecular formula is C22H22FN5O3. The third-order valence-corrected chi connectivity index (χ3v) is 5.30. The van der Waals surface area contributed by atoms with Crippen molar-refractivity contribution in [1.82, 2.24) is 25.4 Å². The maximum atomic E-state index is 14.1. The molecule has 2 heterocycles. The van der Waals surface area contributed by atoms with E-state index in [9.17, 15) is 14.0 Å². The van der Waals surface area contributed by atoms with Crippen molar-refractivity contribution in [2.45, 2.75) is 18.9 Å². The van der Waals surface area contributed by atoms with Crippen LogP contribution in [0.5, 0.6) is 5.75 Å². The molecule has 1 aliphatic heterocycles. The Labute approximate surface area is 178 Å². The predicted octanol–water partition coefficient (Wildman–Crippen LogP) is 2.30. The van der Waals surface area contributed by atoms with Crippen LogP contribution >= 0.6 is 0 Å². The van der Waals surface area contributed by atoms with E-state index in [4.69, 9.17) is 4.74 Å². The van der Waals surface area contributed by atoms with Crippen molar-refractivity contribution in [3.8, 4) is 5.75 Å². The van der Waals surface area contributed by atoms with E-state index in [-0.39, 0.29) is 35.6 Å². The number of amides is 2. The van der Waals surface area contributed by atoms with Crippen LogP contribution in [0.4, 0.5) is 4.39 Å². The number of hydrogen-bond donors (Lipinski definition) is 2. The summed E-state index contributed by atoms with van der Waals surface area (Å²) in [4.78, 5) is 31.7. The standard InChI is InChI=1S/C22H22FN5O3/c1-13-24-20(27-26-13)16-11-28(22(30)15-8-9-19(31-2)17(23)10-15)12-18(16)25-21(29)14-6-4-3-5-7-14/h3-10,16,18H,11-12H2,1-2H3,(H,25,29)(H,24,26,27)/t16-,18-/m1/s1. The molecule has 1 saturated heterocycles. The van der Waals surface area contributed by atoms with E-state index in [2.05, 4.69) is 20.5 Å². The lowest BCUT2D eigenvalue weighted by Crippen LogP contribution is -2.40. The van der Waals surface area contributed by atoms with Gasteiger partial charge in [0.15, 0.2) is 17.4 Å². The normalized spacial score (nSPS) is 18.1. The molecule has 0 radical (unpaired) electrons. The average Bonchev–Trinajstić information content (AvgIpc) is 3.39. The van der Waals surface area contributed by atoms with Gasteiger partial charge < -0.3 is 15.0 Å². The van der Waals surface area contributed by atoms with E-state index >= 15 is 0 Å². The Bertz CT molecular complexity index is 1100. The molecule has 0 spiro atoms. The Hall–Kier alpha value is -3.75. The van der Waals surface area contributed by atoms with E-state index in [0.717, 1.165) is 6.07 Å². The second-order valence-electron chi connectivity index (χ2n) is 7.39. The van der Waals surface area contributed by atoms with Gasteiger partial charge in [0.05, 0.1) is 19.1 Å². The Morgan fingerprint density at radius 1 is 1.16 bits per heavy atom. The summed E-state index contributed by atoms with van der Waals surface area (Å²) in [6.07, 6.45) is 0. The zero-order valence-electron chi connectivity index (χ0n) is 17.1. The summed E-state index contributed by atoms with van der Waals surface area (Å²) >= 11 is 0. The number of aromatic nitrogens is 3. The lowest BCUT2D eigenvalue weighted by atomic mass is 10.0. The van der Waals surface area contributed by atoms with E-state index < -0.39 is 11.9 Å². The molecule has 3 aromatic rings. The number of hydrogen-bond acceptors (Lipinski definition) is 5. The molecular weight excluding hydrogens is 401 g/mol. The number of ether oxygens (including phenoxy) is 1. The quantitative estimate of drug-likeness (QED) is 0.656. The van der Waals surface area contributed by atoms with Crippen LogP contribution in [0.25, 0.3) is 0 Å². The van der Waals surface area contributed by atoms with Gasteiger partial charge in [0.25, 0.3) is 11.8 Å². The molecule has 2 atom stereocenters. The number of carbonyl (C=O) groups excluding carboxylic acids is 2. The Kier molecular flexibility index (Phi) is 5.66. The highest BCUT2D eigenvalue weighted by molar-refractivity contribution is 5.96. The second-order valence-corrected chi connectivity index (χ2v) is 7.39. The Balaban J connectivity index is 1.57. The summed E-state index contributed by atoms with van der Waals surface area (Å²) in [6, 6.07) is 12.5. The molecule has 4 rings (SSSR count). The predicted molar refractivity (Wildman–Crippen MR) is 110 cm³/mol. The van der Waals surface area contributed by atoms with Gasteiger partial charge in [0.2, 0.25) is 0 Å². The smallest absolute Gasteiger partial charge is 0.254 e. The first kappa shape index (κ1) is 20.5. The molecule has 0 aliphatic carbocycles. The van der Waals surface area contributed by atoms with Crippen molar-refractivity contribution < 1.29 is 18.7 Å². The summed E-state index contributed by atoms with van der Waals surface area (Å²) < 4.78 is 19.0. The minimum atomic E-state index is -0.609. The minimum absolute atomic E-state index is 0.0695. The summed E-state index contributed by atoms with van der Waals surface area (Å²) in [7, 11) is 1.36. The van der Waals surface area contributed by atoms with Gasteiger partial charge in [-0.05, 0) is 37.3 Å². The van der Waals surface area contributed by atoms with Crippen LogP contribution in [0.1, 0.15) is 38.3 Å². The first-order chi connectivity index (χ1) is 15.0. The van der Waals surface area contributed by atoms with Gasteiger partial charge in [-0.1, -0.05) is 18.2 Å². The number of carbonyl (C=O) groups is 2. The number of nitrogens with one attached hydrogen (secondary N) is 2. The fraction of sp³-hybridized carbons (Fsp3) is 0.273. The lowest BCUT2D eigenvalue weighted by Gasteiger charge is -2.18. The van der Waals surface area contributed by atoms with Crippen LogP contribution in [0, 0.1) is 12.7 Å². The molecule has 2 aromatic carbocycles. The highest BCUT2D eigenvalue weighted by Crippen LogP contribution is 2.28. The molecule has 0 saturated carbocycles. The van der Waals surface area contributed by atoms with E-state index in [1.165, 1.54) is 19.2 Å². The summed E-state index contributed by atoms with van der Waals surface area (Å²) in [5, 5.41) is 10.0. The third-order valence-electron chi connectivity index (χ3n) is 5.30. The summed E-state index contributed by atoms with van der Waals surface area (Å²) in [5.74, 6) is -0.257. The van der Waals surface area contributed by atoms with Crippen LogP contribution < -0.4 is 10.1 Å². The monoisotopic (exact) mass is 423 g/mol. The fourth-order valence-electron chi connectivity index (χ4n) is 3.73. The number of halogens is 1. The van der Waals surface area contributed by atoms with Crippen LogP contribution in [0.2, 0.25) is 0 Å². The average molecular weight is 423 g/mol. The SMILES string of the molecule is COc1ccc(C(=O)N2C[C@@H](NC(=O)c3ccccc3)[C@H](c3n[nH]c(C)n3)C2)cc1F. The molecule has 2 amide bonds. The molecule has 8 nitrogen and oxygen atoms in total. The van der Waals surface area contributed by atoms with Gasteiger partial charge in [-0.25, -0.2) is 9.37 Å². The van der Waals surface area contributed by atoms with Gasteiger partial charge in [-0.15, -0.1) is 0 Å². The Morgan fingerprint density at radius 2 is 1.94 bits per heavy atom. The molecule has 1 aromatic heterocycles. The van der Waals surface area contributed by atoms with Crippen molar-refractivity contribution in [3.05, 3.63) is 77.1 Å². The van der Waals surface area contributed by atoms with Crippen LogP contribution in [-0.4, -0.2) is 58.1 Å². The second kappa shape index (κ2) is 8.55. The maximum absolute atomic E-state index is 14.1. The zero-order valence-corrected chi connectivity index (χ0v) is 17.1. The number of aromatic amines is 1. The fourth-order valence-corrected chi connectivity index (χ4v) is 3.73. The van der Waals surface area contributed by atoms with Gasteiger partial charge in [-0.3, -0.25) is 14.7 Å². The zero-order chi connectivity index (χ0) is 22.0. The van der Waals surface area contributed by atoms with Crippen LogP contribution in [0.3, 0.4) is 0 Å². The molecule has 9 heteroatoms. The van der Waals surface area contributed by atoms with Gasteiger partial charge >= 0.3 is 0 Å². The number of rotatable bonds is 5. The Morgan fingerprint density at radius 3 is 2.58 bits per heavy atom. The topological polar surface area (TPSA) is 100 Å². The van der Waals surface area contributed by atoms with Crippen molar-refractivity contribution >= 4 is 11.8 Å². The van der Waals surface area contributed by atoms with Crippen LogP contribution in [-0.2, 0) is 0 Å². The van der Waals surface area contributed by atoms with Crippen molar-refractivity contribution in [1.29, 1.82) is 0 Å². The summed E-state index contributed by atoms with van der Waals surface area (Å²) in [5.41, 5.74) is 0.729. The van der Waals surface area contributed by atoms with Crippen molar-refractivity contribution in [2.24, 2.45) is 0 Å². The van der Waals surface area contributed by atoms with E-state index in [1.54, 1.807) is 36.1 Å². The summed E-state index contributed by atoms with van der Waals surface area (Å²) in [6.45, 7) is 2.33. The van der Waals surface area contributed by atoms with E-state index in [0.29, 0.717) is 23.8 Å². The molecule has 0 bridgehead atoms. The number of nitrogens with zero attached hydrogens (tertiary/aromatic N) is 3. The van der Waals surface area contributed by atoms with Gasteiger partial charge in [0, 0.05) is 24.2 Å². The minimum Gasteiger partial charge on any atom is -0.494 e. The molecule has 160 valence electrons. The molecule has 1 fully saturated rings. The van der Waals surface area contributed by atoms with Crippen LogP contribution in [0.15, 0.2) is 48.5 Å².